The van der Waals surface area contributed by atoms with Crippen molar-refractivity contribution >= 4 is 16.7 Å². The van der Waals surface area contributed by atoms with Crippen molar-refractivity contribution in [3.63, 3.8) is 0 Å². The quantitative estimate of drug-likeness (QED) is 0.628. The second-order valence-electron chi connectivity index (χ2n) is 12.4. The molecule has 6 rings (SSSR count). The van der Waals surface area contributed by atoms with Gasteiger partial charge >= 0.3 is 0 Å². The fourth-order valence-corrected chi connectivity index (χ4v) is 9.21. The van der Waals surface area contributed by atoms with Crippen molar-refractivity contribution in [2.75, 3.05) is 13.2 Å². The summed E-state index contributed by atoms with van der Waals surface area (Å²) in [6.07, 6.45) is 15.5. The molecule has 35 heavy (non-hydrogen) atoms. The van der Waals surface area contributed by atoms with Crippen LogP contribution in [0.2, 0.25) is 0 Å². The van der Waals surface area contributed by atoms with E-state index in [0.717, 1.165) is 54.3 Å². The molecule has 0 amide bonds. The molecule has 190 valence electrons. The minimum Gasteiger partial charge on any atom is -0.387 e. The lowest BCUT2D eigenvalue weighted by molar-refractivity contribution is -0.138. The molecule has 0 aliphatic heterocycles. The molecule has 1 N–H and O–H groups in total. The zero-order valence-corrected chi connectivity index (χ0v) is 21.4. The van der Waals surface area contributed by atoms with Gasteiger partial charge in [-0.3, -0.25) is 14.5 Å². The number of aromatic nitrogens is 3. The number of carbonyl (C=O) groups excluding carboxylic acids is 1. The molecule has 4 saturated carbocycles. The van der Waals surface area contributed by atoms with Crippen molar-refractivity contribution < 1.29 is 14.6 Å². The highest BCUT2D eigenvalue weighted by Crippen LogP contribution is 2.64. The first-order valence-corrected chi connectivity index (χ1v) is 14.0. The standard InChI is InChI=1S/C29H41N3O3/c1-3-35-18-29(34)12-9-21-19(14-29)4-5-23-22(21)8-11-28(2)24(23)6-7-25(28)27(33)17-32-26-16-30-13-10-20(26)15-31-32/h10,13,15-16,19,21-25,34H,3-9,11-12,14,17-18H2,1-2H3/t19-,21-,22+,23+,24-,25+,28-,29+/m0/s1. The Morgan fingerprint density at radius 3 is 2.83 bits per heavy atom. The third-order valence-electron chi connectivity index (χ3n) is 10.8. The molecule has 0 spiro atoms. The van der Waals surface area contributed by atoms with Crippen LogP contribution in [0.1, 0.15) is 71.6 Å². The fourth-order valence-electron chi connectivity index (χ4n) is 9.21. The van der Waals surface area contributed by atoms with Crippen LogP contribution in [0.4, 0.5) is 0 Å². The van der Waals surface area contributed by atoms with Gasteiger partial charge in [0.2, 0.25) is 0 Å². The van der Waals surface area contributed by atoms with Gasteiger partial charge < -0.3 is 9.84 Å². The number of pyridine rings is 1. The van der Waals surface area contributed by atoms with Gasteiger partial charge in [-0.05, 0) is 106 Å². The number of ketones is 1. The fraction of sp³-hybridized carbons (Fsp3) is 0.759. The van der Waals surface area contributed by atoms with Gasteiger partial charge in [0, 0.05) is 24.1 Å². The molecule has 8 atom stereocenters. The van der Waals surface area contributed by atoms with Crippen molar-refractivity contribution in [1.29, 1.82) is 0 Å². The Morgan fingerprint density at radius 2 is 1.97 bits per heavy atom. The Kier molecular flexibility index (Phi) is 6.03. The minimum absolute atomic E-state index is 0.122. The molecule has 6 heteroatoms. The molecule has 0 radical (unpaired) electrons. The van der Waals surface area contributed by atoms with Crippen LogP contribution in [-0.2, 0) is 16.1 Å². The van der Waals surface area contributed by atoms with Gasteiger partial charge in [0.15, 0.2) is 5.78 Å². The maximum atomic E-state index is 13.6. The Morgan fingerprint density at radius 1 is 1.11 bits per heavy atom. The van der Waals surface area contributed by atoms with Gasteiger partial charge in [-0.25, -0.2) is 0 Å². The third kappa shape index (κ3) is 3.96. The predicted octanol–water partition coefficient (Wildman–Crippen LogP) is 5.04. The molecule has 2 aromatic rings. The van der Waals surface area contributed by atoms with Crippen LogP contribution in [-0.4, -0.2) is 44.5 Å². The van der Waals surface area contributed by atoms with Crippen molar-refractivity contribution in [3.05, 3.63) is 24.7 Å². The summed E-state index contributed by atoms with van der Waals surface area (Å²) in [5, 5.41) is 16.7. The van der Waals surface area contributed by atoms with Gasteiger partial charge in [-0.1, -0.05) is 6.92 Å². The predicted molar refractivity (Wildman–Crippen MR) is 135 cm³/mol. The Hall–Kier alpha value is -1.79. The SMILES string of the molecule is CCOC[C@@]1(O)CC[C@H]2[C@@H](CC[C@@H]3[C@@H]2CC[C@]2(C)[C@@H](C(=O)Cn4ncc5ccncc54)CC[C@@H]32)C1. The molecular formula is C29H41N3O3. The Balaban J connectivity index is 1.15. The number of hydrogen-bond acceptors (Lipinski definition) is 5. The average molecular weight is 480 g/mol. The smallest absolute Gasteiger partial charge is 0.157 e. The van der Waals surface area contributed by atoms with E-state index in [1.54, 1.807) is 6.20 Å². The van der Waals surface area contributed by atoms with E-state index in [0.29, 0.717) is 37.4 Å². The molecule has 4 aliphatic rings. The van der Waals surface area contributed by atoms with E-state index in [2.05, 4.69) is 17.0 Å². The number of aliphatic hydroxyl groups is 1. The topological polar surface area (TPSA) is 77.2 Å². The number of rotatable bonds is 6. The van der Waals surface area contributed by atoms with E-state index in [1.807, 2.05) is 30.1 Å². The molecule has 4 fully saturated rings. The monoisotopic (exact) mass is 479 g/mol. The Labute approximate surface area is 208 Å². The minimum atomic E-state index is -0.621. The summed E-state index contributed by atoms with van der Waals surface area (Å²) in [6, 6.07) is 1.96. The summed E-state index contributed by atoms with van der Waals surface area (Å²) in [5.41, 5.74) is 0.449. The van der Waals surface area contributed by atoms with Gasteiger partial charge in [0.25, 0.3) is 0 Å². The molecule has 2 heterocycles. The molecule has 6 nitrogen and oxygen atoms in total. The zero-order chi connectivity index (χ0) is 24.2. The first-order chi connectivity index (χ1) is 16.9. The molecule has 4 aliphatic carbocycles. The molecule has 0 saturated heterocycles. The van der Waals surface area contributed by atoms with E-state index < -0.39 is 5.60 Å². The van der Waals surface area contributed by atoms with Crippen molar-refractivity contribution in [1.82, 2.24) is 14.8 Å². The van der Waals surface area contributed by atoms with Crippen LogP contribution >= 0.6 is 0 Å². The molecular weight excluding hydrogens is 438 g/mol. The number of fused-ring (bicyclic) bond motifs is 6. The van der Waals surface area contributed by atoms with Crippen LogP contribution in [0.3, 0.4) is 0 Å². The second-order valence-corrected chi connectivity index (χ2v) is 12.4. The highest BCUT2D eigenvalue weighted by atomic mass is 16.5. The highest BCUT2D eigenvalue weighted by Gasteiger charge is 2.59. The van der Waals surface area contributed by atoms with E-state index >= 15 is 0 Å². The van der Waals surface area contributed by atoms with Crippen molar-refractivity contribution in [3.8, 4) is 0 Å². The summed E-state index contributed by atoms with van der Waals surface area (Å²) in [6.45, 7) is 5.97. The third-order valence-corrected chi connectivity index (χ3v) is 10.8. The van der Waals surface area contributed by atoms with Crippen molar-refractivity contribution in [2.24, 2.45) is 40.9 Å². The molecule has 2 aromatic heterocycles. The number of hydrogen-bond donors (Lipinski definition) is 1. The van der Waals surface area contributed by atoms with E-state index in [9.17, 15) is 9.90 Å². The normalized spacial score (nSPS) is 40.8. The average Bonchev–Trinajstić information content (AvgIpc) is 3.43. The van der Waals surface area contributed by atoms with E-state index in [4.69, 9.17) is 4.74 Å². The molecule has 0 bridgehead atoms. The van der Waals surface area contributed by atoms with Crippen LogP contribution in [0, 0.1) is 40.9 Å². The zero-order valence-electron chi connectivity index (χ0n) is 21.4. The van der Waals surface area contributed by atoms with E-state index in [-0.39, 0.29) is 11.3 Å². The molecule has 0 aromatic carbocycles. The molecule has 0 unspecified atom stereocenters. The van der Waals surface area contributed by atoms with Gasteiger partial charge in [0.1, 0.15) is 6.54 Å². The van der Waals surface area contributed by atoms with Crippen LogP contribution < -0.4 is 0 Å². The summed E-state index contributed by atoms with van der Waals surface area (Å²) in [5.74, 6) is 4.08. The van der Waals surface area contributed by atoms with Gasteiger partial charge in [-0.15, -0.1) is 0 Å². The lowest BCUT2D eigenvalue weighted by atomic mass is 9.49. The van der Waals surface area contributed by atoms with Crippen molar-refractivity contribution in [2.45, 2.75) is 83.8 Å². The van der Waals surface area contributed by atoms with E-state index in [1.165, 1.54) is 32.1 Å². The first-order valence-electron chi connectivity index (χ1n) is 14.0. The lowest BCUT2D eigenvalue weighted by Gasteiger charge is -2.57. The second kappa shape index (κ2) is 8.95. The maximum Gasteiger partial charge on any atom is 0.157 e. The first kappa shape index (κ1) is 23.6. The number of nitrogens with zero attached hydrogens (tertiary/aromatic N) is 3. The summed E-state index contributed by atoms with van der Waals surface area (Å²) < 4.78 is 7.49. The maximum absolute atomic E-state index is 13.6. The number of Topliss-reactive ketones (excluding diaryl/α,β-unsaturated/α-hetero) is 1. The summed E-state index contributed by atoms with van der Waals surface area (Å²) >= 11 is 0. The van der Waals surface area contributed by atoms with Crippen LogP contribution in [0.5, 0.6) is 0 Å². The number of carbonyl (C=O) groups is 1. The summed E-state index contributed by atoms with van der Waals surface area (Å²) in [4.78, 5) is 17.9. The Bertz CT molecular complexity index is 1080. The summed E-state index contributed by atoms with van der Waals surface area (Å²) in [7, 11) is 0. The van der Waals surface area contributed by atoms with Crippen LogP contribution in [0.25, 0.3) is 10.9 Å². The van der Waals surface area contributed by atoms with Gasteiger partial charge in [-0.2, -0.15) is 5.10 Å². The largest absolute Gasteiger partial charge is 0.387 e. The van der Waals surface area contributed by atoms with Gasteiger partial charge in [0.05, 0.1) is 30.1 Å². The highest BCUT2D eigenvalue weighted by molar-refractivity contribution is 5.84. The lowest BCUT2D eigenvalue weighted by Crippen LogP contribution is -2.52. The van der Waals surface area contributed by atoms with Crippen LogP contribution in [0.15, 0.2) is 24.7 Å². The number of ether oxygens (including phenoxy) is 1.